The third-order valence-electron chi connectivity index (χ3n) is 3.87. The van der Waals surface area contributed by atoms with E-state index in [1.807, 2.05) is 57.2 Å². The standard InChI is InChI=1S/C20H25BrClNO3/c1-4-25-18-9-15(11-23-20(2,3)13-24)17(21)10-19(18)26-12-14-5-7-16(22)8-6-14/h5-10,23-24H,4,11-13H2,1-3H3. The summed E-state index contributed by atoms with van der Waals surface area (Å²) in [5.74, 6) is 1.38. The summed E-state index contributed by atoms with van der Waals surface area (Å²) in [6.07, 6.45) is 0. The molecule has 2 rings (SSSR count). The van der Waals surface area contributed by atoms with Crippen LogP contribution in [0.5, 0.6) is 11.5 Å². The number of benzene rings is 2. The molecule has 0 radical (unpaired) electrons. The van der Waals surface area contributed by atoms with E-state index in [1.165, 1.54) is 0 Å². The fourth-order valence-corrected chi connectivity index (χ4v) is 2.81. The molecule has 0 saturated heterocycles. The van der Waals surface area contributed by atoms with Crippen LogP contribution in [0.25, 0.3) is 0 Å². The Bertz CT molecular complexity index is 720. The number of halogens is 2. The highest BCUT2D eigenvalue weighted by atomic mass is 79.9. The lowest BCUT2D eigenvalue weighted by atomic mass is 10.1. The molecule has 0 aromatic heterocycles. The Labute approximate surface area is 168 Å². The van der Waals surface area contributed by atoms with Gasteiger partial charge < -0.3 is 19.9 Å². The van der Waals surface area contributed by atoms with Gasteiger partial charge in [0.25, 0.3) is 0 Å². The molecule has 0 amide bonds. The van der Waals surface area contributed by atoms with E-state index in [4.69, 9.17) is 21.1 Å². The van der Waals surface area contributed by atoms with E-state index in [0.29, 0.717) is 36.3 Å². The lowest BCUT2D eigenvalue weighted by Gasteiger charge is -2.24. The van der Waals surface area contributed by atoms with Gasteiger partial charge in [0, 0.05) is 21.6 Å². The monoisotopic (exact) mass is 441 g/mol. The van der Waals surface area contributed by atoms with E-state index >= 15 is 0 Å². The van der Waals surface area contributed by atoms with Crippen molar-refractivity contribution in [3.63, 3.8) is 0 Å². The first-order valence-corrected chi connectivity index (χ1v) is 9.70. The van der Waals surface area contributed by atoms with Gasteiger partial charge in [0.2, 0.25) is 0 Å². The van der Waals surface area contributed by atoms with Gasteiger partial charge >= 0.3 is 0 Å². The normalized spacial score (nSPS) is 11.5. The van der Waals surface area contributed by atoms with Gasteiger partial charge in [0.15, 0.2) is 11.5 Å². The average molecular weight is 443 g/mol. The van der Waals surface area contributed by atoms with Crippen LogP contribution in [0.1, 0.15) is 31.9 Å². The first kappa shape index (κ1) is 21.0. The Morgan fingerprint density at radius 2 is 1.77 bits per heavy atom. The molecule has 0 heterocycles. The summed E-state index contributed by atoms with van der Waals surface area (Å²) in [5, 5.41) is 13.4. The number of aliphatic hydroxyl groups is 1. The second-order valence-corrected chi connectivity index (χ2v) is 7.92. The molecule has 0 aliphatic rings. The number of aliphatic hydroxyl groups excluding tert-OH is 1. The van der Waals surface area contributed by atoms with Crippen LogP contribution in [0.15, 0.2) is 40.9 Å². The Balaban J connectivity index is 2.15. The van der Waals surface area contributed by atoms with E-state index in [1.54, 1.807) is 0 Å². The van der Waals surface area contributed by atoms with E-state index in [-0.39, 0.29) is 12.1 Å². The van der Waals surface area contributed by atoms with E-state index in [0.717, 1.165) is 15.6 Å². The van der Waals surface area contributed by atoms with Gasteiger partial charge in [0.05, 0.1) is 13.2 Å². The molecule has 2 aromatic rings. The van der Waals surface area contributed by atoms with Crippen LogP contribution < -0.4 is 14.8 Å². The van der Waals surface area contributed by atoms with Crippen LogP contribution in [0.2, 0.25) is 5.02 Å². The van der Waals surface area contributed by atoms with Gasteiger partial charge in [-0.15, -0.1) is 0 Å². The van der Waals surface area contributed by atoms with Crippen LogP contribution in [0.4, 0.5) is 0 Å². The Kier molecular flexibility index (Phi) is 7.77. The quantitative estimate of drug-likeness (QED) is 0.577. The summed E-state index contributed by atoms with van der Waals surface area (Å²) in [5.41, 5.74) is 1.71. The van der Waals surface area contributed by atoms with Crippen LogP contribution in [0.3, 0.4) is 0 Å². The molecule has 0 aliphatic heterocycles. The van der Waals surface area contributed by atoms with Crippen molar-refractivity contribution in [1.29, 1.82) is 0 Å². The van der Waals surface area contributed by atoms with Gasteiger partial charge in [-0.05, 0) is 56.2 Å². The van der Waals surface area contributed by atoms with Crippen molar-refractivity contribution < 1.29 is 14.6 Å². The third kappa shape index (κ3) is 6.16. The van der Waals surface area contributed by atoms with E-state index in [2.05, 4.69) is 21.2 Å². The molecule has 26 heavy (non-hydrogen) atoms. The molecule has 2 N–H and O–H groups in total. The summed E-state index contributed by atoms with van der Waals surface area (Å²) < 4.78 is 12.6. The minimum absolute atomic E-state index is 0.0607. The first-order chi connectivity index (χ1) is 12.3. The minimum Gasteiger partial charge on any atom is -0.490 e. The maximum atomic E-state index is 9.39. The van der Waals surface area contributed by atoms with Gasteiger partial charge in [-0.3, -0.25) is 0 Å². The number of hydrogen-bond donors (Lipinski definition) is 2. The molecule has 0 fully saturated rings. The fourth-order valence-electron chi connectivity index (χ4n) is 2.23. The first-order valence-electron chi connectivity index (χ1n) is 8.53. The molecule has 0 saturated carbocycles. The highest BCUT2D eigenvalue weighted by Gasteiger charge is 2.17. The van der Waals surface area contributed by atoms with Gasteiger partial charge in [0.1, 0.15) is 6.61 Å². The number of nitrogens with one attached hydrogen (secondary N) is 1. The zero-order valence-corrected chi connectivity index (χ0v) is 17.7. The minimum atomic E-state index is -0.352. The van der Waals surface area contributed by atoms with Gasteiger partial charge in [-0.1, -0.05) is 39.7 Å². The molecule has 0 aliphatic carbocycles. The Morgan fingerprint density at radius 3 is 2.38 bits per heavy atom. The number of ether oxygens (including phenoxy) is 2. The van der Waals surface area contributed by atoms with Crippen LogP contribution in [0, 0.1) is 0 Å². The largest absolute Gasteiger partial charge is 0.490 e. The van der Waals surface area contributed by atoms with E-state index in [9.17, 15) is 5.11 Å². The zero-order chi connectivity index (χ0) is 19.2. The fraction of sp³-hybridized carbons (Fsp3) is 0.400. The molecule has 0 unspecified atom stereocenters. The molecular formula is C20H25BrClNO3. The second kappa shape index (κ2) is 9.60. The SMILES string of the molecule is CCOc1cc(CNC(C)(C)CO)c(Br)cc1OCc1ccc(Cl)cc1. The molecule has 0 spiro atoms. The van der Waals surface area contributed by atoms with Gasteiger partial charge in [-0.2, -0.15) is 0 Å². The second-order valence-electron chi connectivity index (χ2n) is 6.63. The topological polar surface area (TPSA) is 50.7 Å². The van der Waals surface area contributed by atoms with Crippen molar-refractivity contribution in [1.82, 2.24) is 5.32 Å². The van der Waals surface area contributed by atoms with Crippen molar-refractivity contribution in [2.24, 2.45) is 0 Å². The molecule has 0 atom stereocenters. The maximum Gasteiger partial charge on any atom is 0.162 e. The average Bonchev–Trinajstić information content (AvgIpc) is 2.62. The Morgan fingerprint density at radius 1 is 1.12 bits per heavy atom. The lowest BCUT2D eigenvalue weighted by Crippen LogP contribution is -2.42. The summed E-state index contributed by atoms with van der Waals surface area (Å²) in [4.78, 5) is 0. The van der Waals surface area contributed by atoms with Crippen molar-refractivity contribution >= 4 is 27.5 Å². The number of rotatable bonds is 9. The van der Waals surface area contributed by atoms with Crippen LogP contribution in [-0.4, -0.2) is 23.9 Å². The van der Waals surface area contributed by atoms with Crippen molar-refractivity contribution in [3.8, 4) is 11.5 Å². The Hall–Kier alpha value is -1.27. The smallest absolute Gasteiger partial charge is 0.162 e. The highest BCUT2D eigenvalue weighted by Crippen LogP contribution is 2.34. The molecule has 0 bridgehead atoms. The zero-order valence-electron chi connectivity index (χ0n) is 15.3. The molecule has 4 nitrogen and oxygen atoms in total. The molecular weight excluding hydrogens is 418 g/mol. The predicted octanol–water partition coefficient (Wildman–Crippen LogP) is 4.94. The van der Waals surface area contributed by atoms with Gasteiger partial charge in [-0.25, -0.2) is 0 Å². The van der Waals surface area contributed by atoms with Crippen molar-refractivity contribution in [3.05, 3.63) is 57.0 Å². The summed E-state index contributed by atoms with van der Waals surface area (Å²) in [6.45, 7) is 7.49. The third-order valence-corrected chi connectivity index (χ3v) is 4.86. The maximum absolute atomic E-state index is 9.39. The molecule has 142 valence electrons. The molecule has 2 aromatic carbocycles. The summed E-state index contributed by atoms with van der Waals surface area (Å²) in [7, 11) is 0. The lowest BCUT2D eigenvalue weighted by molar-refractivity contribution is 0.187. The molecule has 6 heteroatoms. The highest BCUT2D eigenvalue weighted by molar-refractivity contribution is 9.10. The number of hydrogen-bond acceptors (Lipinski definition) is 4. The predicted molar refractivity (Wildman–Crippen MR) is 109 cm³/mol. The van der Waals surface area contributed by atoms with Crippen molar-refractivity contribution in [2.75, 3.05) is 13.2 Å². The van der Waals surface area contributed by atoms with Crippen LogP contribution in [-0.2, 0) is 13.2 Å². The summed E-state index contributed by atoms with van der Waals surface area (Å²) in [6, 6.07) is 11.4. The van der Waals surface area contributed by atoms with Crippen molar-refractivity contribution in [2.45, 2.75) is 39.5 Å². The van der Waals surface area contributed by atoms with E-state index < -0.39 is 0 Å². The van der Waals surface area contributed by atoms with Crippen LogP contribution >= 0.6 is 27.5 Å². The summed E-state index contributed by atoms with van der Waals surface area (Å²) >= 11 is 9.52.